The maximum atomic E-state index is 5.93. The predicted octanol–water partition coefficient (Wildman–Crippen LogP) is 4.92. The minimum atomic E-state index is -0.0493. The molecule has 1 aromatic carbocycles. The molecule has 1 unspecified atom stereocenters. The average Bonchev–Trinajstić information content (AvgIpc) is 3.23. The van der Waals surface area contributed by atoms with Gasteiger partial charge >= 0.3 is 0 Å². The van der Waals surface area contributed by atoms with Crippen molar-refractivity contribution in [3.8, 4) is 5.75 Å². The van der Waals surface area contributed by atoms with Crippen molar-refractivity contribution in [1.82, 2.24) is 0 Å². The van der Waals surface area contributed by atoms with Gasteiger partial charge in [0.05, 0.1) is 6.61 Å². The van der Waals surface area contributed by atoms with Gasteiger partial charge in [-0.25, -0.2) is 0 Å². The molecule has 2 rings (SSSR count). The van der Waals surface area contributed by atoms with Crippen LogP contribution in [-0.4, -0.2) is 18.8 Å². The second-order valence-corrected chi connectivity index (χ2v) is 6.14. The van der Waals surface area contributed by atoms with E-state index in [9.17, 15) is 0 Å². The first-order chi connectivity index (χ1) is 10.2. The smallest absolute Gasteiger partial charge is 0.123 e. The second kappa shape index (κ2) is 8.23. The van der Waals surface area contributed by atoms with Crippen molar-refractivity contribution in [2.75, 3.05) is 13.2 Å². The summed E-state index contributed by atoms with van der Waals surface area (Å²) in [5.41, 5.74) is 1.24. The fourth-order valence-electron chi connectivity index (χ4n) is 2.27. The van der Waals surface area contributed by atoms with Crippen molar-refractivity contribution >= 4 is 0 Å². The van der Waals surface area contributed by atoms with Crippen LogP contribution in [0.5, 0.6) is 5.75 Å². The van der Waals surface area contributed by atoms with Crippen LogP contribution >= 0.6 is 0 Å². The van der Waals surface area contributed by atoms with Crippen LogP contribution in [0.4, 0.5) is 0 Å². The standard InChI is InChI=1S/C19H28O2/c1-3-4-5-6-7-8-9-12-17-13-10-11-14-18(17)20-15-19(2)16-21-19/h7-8,10-11,13-14H,3-6,9,12,15-16H2,1-2H3/b8-7+. The molecule has 0 radical (unpaired) electrons. The van der Waals surface area contributed by atoms with Crippen molar-refractivity contribution in [2.24, 2.45) is 0 Å². The Balaban J connectivity index is 1.74. The maximum Gasteiger partial charge on any atom is 0.123 e. The van der Waals surface area contributed by atoms with E-state index in [1.54, 1.807) is 0 Å². The number of aryl methyl sites for hydroxylation is 1. The van der Waals surface area contributed by atoms with Crippen LogP contribution in [0.2, 0.25) is 0 Å². The molecule has 0 N–H and O–H groups in total. The van der Waals surface area contributed by atoms with Gasteiger partial charge in [0.15, 0.2) is 0 Å². The van der Waals surface area contributed by atoms with Crippen molar-refractivity contribution in [3.05, 3.63) is 42.0 Å². The summed E-state index contributed by atoms with van der Waals surface area (Å²) in [5, 5.41) is 0. The van der Waals surface area contributed by atoms with Crippen LogP contribution in [0.15, 0.2) is 36.4 Å². The number of rotatable bonds is 10. The molecule has 0 spiro atoms. The molecular formula is C19H28O2. The zero-order valence-electron chi connectivity index (χ0n) is 13.4. The summed E-state index contributed by atoms with van der Waals surface area (Å²) in [6.07, 6.45) is 11.9. The minimum Gasteiger partial charge on any atom is -0.490 e. The maximum absolute atomic E-state index is 5.93. The Kier molecular flexibility index (Phi) is 6.31. The van der Waals surface area contributed by atoms with E-state index in [1.807, 2.05) is 6.07 Å². The van der Waals surface area contributed by atoms with Gasteiger partial charge in [0.1, 0.15) is 18.0 Å². The van der Waals surface area contributed by atoms with Gasteiger partial charge in [-0.2, -0.15) is 0 Å². The highest BCUT2D eigenvalue weighted by molar-refractivity contribution is 5.33. The quantitative estimate of drug-likeness (QED) is 0.346. The summed E-state index contributed by atoms with van der Waals surface area (Å²) < 4.78 is 11.3. The number of hydrogen-bond donors (Lipinski definition) is 0. The highest BCUT2D eigenvalue weighted by Gasteiger charge is 2.40. The fourth-order valence-corrected chi connectivity index (χ4v) is 2.27. The van der Waals surface area contributed by atoms with Gasteiger partial charge in [0.25, 0.3) is 0 Å². The number of hydrogen-bond acceptors (Lipinski definition) is 2. The first-order valence-corrected chi connectivity index (χ1v) is 8.23. The zero-order valence-corrected chi connectivity index (χ0v) is 13.4. The van der Waals surface area contributed by atoms with E-state index < -0.39 is 0 Å². The predicted molar refractivity (Wildman–Crippen MR) is 87.9 cm³/mol. The van der Waals surface area contributed by atoms with E-state index >= 15 is 0 Å². The van der Waals surface area contributed by atoms with Gasteiger partial charge in [-0.1, -0.05) is 50.1 Å². The van der Waals surface area contributed by atoms with Crippen LogP contribution in [0, 0.1) is 0 Å². The van der Waals surface area contributed by atoms with Gasteiger partial charge < -0.3 is 9.47 Å². The van der Waals surface area contributed by atoms with Crippen LogP contribution in [0.25, 0.3) is 0 Å². The van der Waals surface area contributed by atoms with Crippen LogP contribution < -0.4 is 4.74 Å². The number of ether oxygens (including phenoxy) is 2. The normalized spacial score (nSPS) is 20.9. The van der Waals surface area contributed by atoms with Gasteiger partial charge in [0, 0.05) is 0 Å². The van der Waals surface area contributed by atoms with E-state index in [1.165, 1.54) is 31.2 Å². The molecule has 116 valence electrons. The lowest BCUT2D eigenvalue weighted by molar-refractivity contribution is 0.201. The lowest BCUT2D eigenvalue weighted by atomic mass is 10.1. The summed E-state index contributed by atoms with van der Waals surface area (Å²) in [7, 11) is 0. The molecule has 0 saturated carbocycles. The first-order valence-electron chi connectivity index (χ1n) is 8.23. The number of unbranched alkanes of at least 4 members (excludes halogenated alkanes) is 3. The van der Waals surface area contributed by atoms with Crippen LogP contribution in [0.3, 0.4) is 0 Å². The van der Waals surface area contributed by atoms with E-state index in [0.717, 1.165) is 25.2 Å². The molecular weight excluding hydrogens is 260 g/mol. The molecule has 1 heterocycles. The Morgan fingerprint density at radius 2 is 1.95 bits per heavy atom. The molecule has 1 aliphatic rings. The molecule has 1 aromatic rings. The third kappa shape index (κ3) is 5.92. The number of benzene rings is 1. The molecule has 1 aliphatic heterocycles. The van der Waals surface area contributed by atoms with Crippen LogP contribution in [-0.2, 0) is 11.2 Å². The van der Waals surface area contributed by atoms with Gasteiger partial charge in [-0.05, 0) is 44.2 Å². The highest BCUT2D eigenvalue weighted by atomic mass is 16.6. The summed E-state index contributed by atoms with van der Waals surface area (Å²) in [6.45, 7) is 5.80. The zero-order chi connectivity index (χ0) is 15.0. The van der Waals surface area contributed by atoms with E-state index in [2.05, 4.69) is 44.2 Å². The first kappa shape index (κ1) is 16.1. The molecule has 21 heavy (non-hydrogen) atoms. The van der Waals surface area contributed by atoms with E-state index in [4.69, 9.17) is 9.47 Å². The Morgan fingerprint density at radius 3 is 2.71 bits per heavy atom. The second-order valence-electron chi connectivity index (χ2n) is 6.14. The lowest BCUT2D eigenvalue weighted by Crippen LogP contribution is -2.17. The molecule has 1 fully saturated rings. The van der Waals surface area contributed by atoms with E-state index in [0.29, 0.717) is 6.61 Å². The Hall–Kier alpha value is -1.28. The van der Waals surface area contributed by atoms with Gasteiger partial charge in [0.2, 0.25) is 0 Å². The highest BCUT2D eigenvalue weighted by Crippen LogP contribution is 2.28. The largest absolute Gasteiger partial charge is 0.490 e. The summed E-state index contributed by atoms with van der Waals surface area (Å²) in [6, 6.07) is 8.35. The number of epoxide rings is 1. The fraction of sp³-hybridized carbons (Fsp3) is 0.579. The van der Waals surface area contributed by atoms with Gasteiger partial charge in [-0.3, -0.25) is 0 Å². The van der Waals surface area contributed by atoms with Crippen LogP contribution in [0.1, 0.15) is 51.5 Å². The summed E-state index contributed by atoms with van der Waals surface area (Å²) in [4.78, 5) is 0. The Bertz CT molecular complexity index is 447. The summed E-state index contributed by atoms with van der Waals surface area (Å²) >= 11 is 0. The summed E-state index contributed by atoms with van der Waals surface area (Å²) in [5.74, 6) is 1.01. The molecule has 0 bridgehead atoms. The topological polar surface area (TPSA) is 21.8 Å². The third-order valence-electron chi connectivity index (χ3n) is 3.86. The SMILES string of the molecule is CCCCC/C=C/CCc1ccccc1OCC1(C)CO1. The monoisotopic (exact) mass is 288 g/mol. The molecule has 2 heteroatoms. The third-order valence-corrected chi connectivity index (χ3v) is 3.86. The Labute approximate surface area is 129 Å². The molecule has 0 amide bonds. The lowest BCUT2D eigenvalue weighted by Gasteiger charge is -2.12. The molecule has 2 nitrogen and oxygen atoms in total. The molecule has 0 aromatic heterocycles. The molecule has 1 atom stereocenters. The Morgan fingerprint density at radius 1 is 1.19 bits per heavy atom. The number of para-hydroxylation sites is 1. The van der Waals surface area contributed by atoms with Crippen molar-refractivity contribution < 1.29 is 9.47 Å². The van der Waals surface area contributed by atoms with Crippen molar-refractivity contribution in [3.63, 3.8) is 0 Å². The van der Waals surface area contributed by atoms with Crippen molar-refractivity contribution in [1.29, 1.82) is 0 Å². The van der Waals surface area contributed by atoms with E-state index in [-0.39, 0.29) is 5.60 Å². The molecule has 1 saturated heterocycles. The minimum absolute atomic E-state index is 0.0493. The average molecular weight is 288 g/mol. The van der Waals surface area contributed by atoms with Crippen molar-refractivity contribution in [2.45, 2.75) is 58.0 Å². The van der Waals surface area contributed by atoms with Gasteiger partial charge in [-0.15, -0.1) is 0 Å². The molecule has 0 aliphatic carbocycles. The number of allylic oxidation sites excluding steroid dienone is 2.